The molecule has 0 bridgehead atoms. The lowest BCUT2D eigenvalue weighted by Crippen LogP contribution is -2.37. The molecule has 1 aromatic carbocycles. The summed E-state index contributed by atoms with van der Waals surface area (Å²) in [5.41, 5.74) is 6.13. The van der Waals surface area contributed by atoms with Crippen molar-refractivity contribution in [2.75, 3.05) is 12.8 Å². The van der Waals surface area contributed by atoms with Crippen LogP contribution in [0.25, 0.3) is 0 Å². The van der Waals surface area contributed by atoms with Crippen LogP contribution in [0.15, 0.2) is 23.1 Å². The molecule has 6 heteroatoms. The molecular formula is C14H22N2O3S. The van der Waals surface area contributed by atoms with E-state index in [1.54, 1.807) is 6.07 Å². The van der Waals surface area contributed by atoms with E-state index < -0.39 is 10.0 Å². The Balaban J connectivity index is 2.17. The van der Waals surface area contributed by atoms with Crippen molar-refractivity contribution in [1.82, 2.24) is 4.72 Å². The van der Waals surface area contributed by atoms with E-state index in [0.29, 0.717) is 17.4 Å². The van der Waals surface area contributed by atoms with Gasteiger partial charge in [0.1, 0.15) is 5.75 Å². The highest BCUT2D eigenvalue weighted by Gasteiger charge is 2.26. The summed E-state index contributed by atoms with van der Waals surface area (Å²) < 4.78 is 32.6. The van der Waals surface area contributed by atoms with Gasteiger partial charge in [-0.2, -0.15) is 0 Å². The summed E-state index contributed by atoms with van der Waals surface area (Å²) in [6, 6.07) is 4.46. The van der Waals surface area contributed by atoms with Gasteiger partial charge in [-0.25, -0.2) is 13.1 Å². The summed E-state index contributed by atoms with van der Waals surface area (Å²) >= 11 is 0. The summed E-state index contributed by atoms with van der Waals surface area (Å²) in [7, 11) is -2.06. The molecule has 5 nitrogen and oxygen atoms in total. The summed E-state index contributed by atoms with van der Waals surface area (Å²) in [4.78, 5) is 0.188. The number of hydrogen-bond donors (Lipinski definition) is 2. The SMILES string of the molecule is COc1cc(S(=O)(=O)NC(C)C2CCCC2)ccc1N. The molecular weight excluding hydrogens is 276 g/mol. The average Bonchev–Trinajstić information content (AvgIpc) is 2.92. The van der Waals surface area contributed by atoms with E-state index in [1.807, 2.05) is 6.92 Å². The smallest absolute Gasteiger partial charge is 0.240 e. The topological polar surface area (TPSA) is 81.4 Å². The zero-order chi connectivity index (χ0) is 14.8. The molecule has 1 aliphatic carbocycles. The Kier molecular flexibility index (Phi) is 4.55. The Morgan fingerprint density at radius 2 is 2.00 bits per heavy atom. The zero-order valence-corrected chi connectivity index (χ0v) is 12.7. The molecule has 0 radical (unpaired) electrons. The van der Waals surface area contributed by atoms with Crippen LogP contribution >= 0.6 is 0 Å². The second-order valence-electron chi connectivity index (χ2n) is 5.36. The molecule has 2 rings (SSSR count). The quantitative estimate of drug-likeness (QED) is 0.816. The first-order chi connectivity index (χ1) is 9.44. The van der Waals surface area contributed by atoms with Crippen LogP contribution in [0.2, 0.25) is 0 Å². The Labute approximate surface area is 120 Å². The molecule has 1 aliphatic rings. The fourth-order valence-corrected chi connectivity index (χ4v) is 4.05. The van der Waals surface area contributed by atoms with E-state index in [4.69, 9.17) is 10.5 Å². The largest absolute Gasteiger partial charge is 0.495 e. The van der Waals surface area contributed by atoms with Gasteiger partial charge in [-0.15, -0.1) is 0 Å². The highest BCUT2D eigenvalue weighted by atomic mass is 32.2. The van der Waals surface area contributed by atoms with Crippen molar-refractivity contribution in [1.29, 1.82) is 0 Å². The Hall–Kier alpha value is -1.27. The third-order valence-electron chi connectivity index (χ3n) is 3.96. The lowest BCUT2D eigenvalue weighted by atomic mass is 10.0. The number of methoxy groups -OCH3 is 1. The number of sulfonamides is 1. The van der Waals surface area contributed by atoms with Crippen molar-refractivity contribution in [3.63, 3.8) is 0 Å². The van der Waals surface area contributed by atoms with Crippen molar-refractivity contribution in [3.8, 4) is 5.75 Å². The van der Waals surface area contributed by atoms with E-state index in [1.165, 1.54) is 32.1 Å². The normalized spacial score (nSPS) is 18.1. The molecule has 1 saturated carbocycles. The van der Waals surface area contributed by atoms with Crippen LogP contribution in [0.5, 0.6) is 5.75 Å². The van der Waals surface area contributed by atoms with Crippen LogP contribution in [0.1, 0.15) is 32.6 Å². The van der Waals surface area contributed by atoms with E-state index in [9.17, 15) is 8.42 Å². The number of hydrogen-bond acceptors (Lipinski definition) is 4. The minimum absolute atomic E-state index is 0.0500. The molecule has 0 saturated heterocycles. The zero-order valence-electron chi connectivity index (χ0n) is 11.9. The number of rotatable bonds is 5. The summed E-state index contributed by atoms with van der Waals surface area (Å²) in [5, 5.41) is 0. The van der Waals surface area contributed by atoms with Crippen LogP contribution in [-0.4, -0.2) is 21.6 Å². The Morgan fingerprint density at radius 3 is 2.60 bits per heavy atom. The lowest BCUT2D eigenvalue weighted by Gasteiger charge is -2.20. The molecule has 0 aliphatic heterocycles. The van der Waals surface area contributed by atoms with E-state index in [2.05, 4.69) is 4.72 Å². The molecule has 0 amide bonds. The molecule has 1 aromatic rings. The number of anilines is 1. The summed E-state index contributed by atoms with van der Waals surface area (Å²) in [6.07, 6.45) is 4.56. The third kappa shape index (κ3) is 3.24. The highest BCUT2D eigenvalue weighted by molar-refractivity contribution is 7.89. The van der Waals surface area contributed by atoms with E-state index >= 15 is 0 Å². The van der Waals surface area contributed by atoms with Gasteiger partial charge in [0.2, 0.25) is 10.0 Å². The molecule has 1 atom stereocenters. The van der Waals surface area contributed by atoms with Gasteiger partial charge < -0.3 is 10.5 Å². The van der Waals surface area contributed by atoms with Crippen LogP contribution in [0, 0.1) is 5.92 Å². The highest BCUT2D eigenvalue weighted by Crippen LogP contribution is 2.29. The van der Waals surface area contributed by atoms with Crippen molar-refractivity contribution in [2.45, 2.75) is 43.5 Å². The molecule has 112 valence electrons. The monoisotopic (exact) mass is 298 g/mol. The van der Waals surface area contributed by atoms with Crippen molar-refractivity contribution < 1.29 is 13.2 Å². The predicted molar refractivity (Wildman–Crippen MR) is 79.1 cm³/mol. The molecule has 0 heterocycles. The molecule has 0 spiro atoms. The standard InChI is InChI=1S/C14H22N2O3S/c1-10(11-5-3-4-6-11)16-20(17,18)12-7-8-13(15)14(9-12)19-2/h7-11,16H,3-6,15H2,1-2H3. The van der Waals surface area contributed by atoms with Gasteiger partial charge >= 0.3 is 0 Å². The van der Waals surface area contributed by atoms with Crippen LogP contribution in [-0.2, 0) is 10.0 Å². The first-order valence-electron chi connectivity index (χ1n) is 6.90. The van der Waals surface area contributed by atoms with Crippen LogP contribution in [0.4, 0.5) is 5.69 Å². The van der Waals surface area contributed by atoms with E-state index in [0.717, 1.165) is 12.8 Å². The molecule has 1 fully saturated rings. The van der Waals surface area contributed by atoms with Crippen LogP contribution < -0.4 is 15.2 Å². The number of nitrogens with one attached hydrogen (secondary N) is 1. The molecule has 20 heavy (non-hydrogen) atoms. The molecule has 1 unspecified atom stereocenters. The number of nitrogen functional groups attached to an aromatic ring is 1. The third-order valence-corrected chi connectivity index (χ3v) is 5.52. The van der Waals surface area contributed by atoms with Gasteiger partial charge in [0.05, 0.1) is 17.7 Å². The molecule has 3 N–H and O–H groups in total. The summed E-state index contributed by atoms with van der Waals surface area (Å²) in [5.74, 6) is 0.807. The first-order valence-corrected chi connectivity index (χ1v) is 8.38. The Bertz CT molecular complexity index is 566. The minimum Gasteiger partial charge on any atom is -0.495 e. The maximum Gasteiger partial charge on any atom is 0.240 e. The van der Waals surface area contributed by atoms with Crippen molar-refractivity contribution >= 4 is 15.7 Å². The van der Waals surface area contributed by atoms with Crippen molar-refractivity contribution in [2.24, 2.45) is 5.92 Å². The lowest BCUT2D eigenvalue weighted by molar-refractivity contribution is 0.414. The maximum atomic E-state index is 12.4. The fraction of sp³-hybridized carbons (Fsp3) is 0.571. The van der Waals surface area contributed by atoms with Gasteiger partial charge in [0.25, 0.3) is 0 Å². The first kappa shape index (κ1) is 15.1. The van der Waals surface area contributed by atoms with Gasteiger partial charge in [-0.3, -0.25) is 0 Å². The van der Waals surface area contributed by atoms with Crippen LogP contribution in [0.3, 0.4) is 0 Å². The van der Waals surface area contributed by atoms with E-state index in [-0.39, 0.29) is 10.9 Å². The minimum atomic E-state index is -3.53. The van der Waals surface area contributed by atoms with Gasteiger partial charge in [0.15, 0.2) is 0 Å². The number of nitrogens with two attached hydrogens (primary N) is 1. The number of benzene rings is 1. The van der Waals surface area contributed by atoms with Gasteiger partial charge in [-0.1, -0.05) is 12.8 Å². The maximum absolute atomic E-state index is 12.4. The second-order valence-corrected chi connectivity index (χ2v) is 7.07. The summed E-state index contributed by atoms with van der Waals surface area (Å²) in [6.45, 7) is 1.93. The van der Waals surface area contributed by atoms with Gasteiger partial charge in [-0.05, 0) is 37.8 Å². The Morgan fingerprint density at radius 1 is 1.35 bits per heavy atom. The fourth-order valence-electron chi connectivity index (χ4n) is 2.73. The predicted octanol–water partition coefficient (Wildman–Crippen LogP) is 2.13. The number of ether oxygens (including phenoxy) is 1. The van der Waals surface area contributed by atoms with Crippen molar-refractivity contribution in [3.05, 3.63) is 18.2 Å². The molecule has 0 aromatic heterocycles. The average molecular weight is 298 g/mol. The second kappa shape index (κ2) is 6.01. The van der Waals surface area contributed by atoms with Gasteiger partial charge in [0, 0.05) is 12.1 Å².